The van der Waals surface area contributed by atoms with Crippen molar-refractivity contribution in [2.45, 2.75) is 138 Å². The molecule has 71 heavy (non-hydrogen) atoms. The molecule has 0 bridgehead atoms. The van der Waals surface area contributed by atoms with Crippen LogP contribution in [-0.2, 0) is 49.7 Å². The lowest BCUT2D eigenvalue weighted by Crippen LogP contribution is -2.20. The van der Waals surface area contributed by atoms with E-state index in [1.807, 2.05) is 58.0 Å². The number of nitrogens with zero attached hydrogens (tertiary/aromatic N) is 2. The quantitative estimate of drug-likeness (QED) is 0.0368. The summed E-state index contributed by atoms with van der Waals surface area (Å²) in [6.07, 6.45) is 12.9. The standard InChI is InChI=1S/C49H56N4O8.C4H10.C2H4O2.C2H6/c1-31(2)60-48(55)50-38-17-19-43-41(27-38)37(25-34-15-16-35(47(54)59-6)26-46(34)58-5)30-53(43)22-10-9-21-52-29-36(24-33-14-13-32(3)23-45(33)57-4)42-28-39(18-20-44(42)52)51-49(56)61-40-11-7-8-12-40;1-3-4-2;1-4-2-3;1-2/h13-20,23,26-31,40H,7-12,21-22,24-25H2,1-6H3,(H,50,55)(H,51,56);3-4H2,1-2H3;2H,1H3;1-2H3. The number of unbranched alkanes of at least 4 members (excludes halogenated alkanes) is 2. The first-order valence-corrected chi connectivity index (χ1v) is 24.9. The summed E-state index contributed by atoms with van der Waals surface area (Å²) in [5, 5.41) is 7.91. The Morgan fingerprint density at radius 3 is 1.63 bits per heavy atom. The number of amides is 2. The van der Waals surface area contributed by atoms with Gasteiger partial charge in [0.15, 0.2) is 0 Å². The highest BCUT2D eigenvalue weighted by Gasteiger charge is 2.21. The number of carbonyl (C=O) groups excluding carboxylic acids is 4. The Labute approximate surface area is 420 Å². The Morgan fingerprint density at radius 2 is 1.17 bits per heavy atom. The fraction of sp³-hybridized carbons (Fsp3) is 0.439. The molecule has 0 atom stereocenters. The van der Waals surface area contributed by atoms with E-state index in [1.165, 1.54) is 27.1 Å². The van der Waals surface area contributed by atoms with Crippen LogP contribution in [0.25, 0.3) is 21.8 Å². The maximum Gasteiger partial charge on any atom is 0.411 e. The third-order valence-corrected chi connectivity index (χ3v) is 11.9. The summed E-state index contributed by atoms with van der Waals surface area (Å²) < 4.78 is 35.9. The van der Waals surface area contributed by atoms with E-state index in [0.717, 1.165) is 107 Å². The molecule has 0 saturated heterocycles. The van der Waals surface area contributed by atoms with Crippen LogP contribution in [0.4, 0.5) is 21.0 Å². The summed E-state index contributed by atoms with van der Waals surface area (Å²) in [4.78, 5) is 46.6. The molecule has 2 heterocycles. The van der Waals surface area contributed by atoms with E-state index in [9.17, 15) is 14.4 Å². The predicted molar refractivity (Wildman–Crippen MR) is 283 cm³/mol. The second kappa shape index (κ2) is 29.3. The van der Waals surface area contributed by atoms with E-state index < -0.39 is 18.2 Å². The molecule has 0 radical (unpaired) electrons. The molecule has 0 aliphatic heterocycles. The first-order chi connectivity index (χ1) is 34.3. The summed E-state index contributed by atoms with van der Waals surface area (Å²) in [5.41, 5.74) is 9.20. The van der Waals surface area contributed by atoms with Gasteiger partial charge in [0.05, 0.1) is 40.1 Å². The highest BCUT2D eigenvalue weighted by atomic mass is 16.6. The van der Waals surface area contributed by atoms with Crippen LogP contribution in [0.1, 0.15) is 131 Å². The van der Waals surface area contributed by atoms with Crippen LogP contribution in [0.5, 0.6) is 11.5 Å². The smallest absolute Gasteiger partial charge is 0.411 e. The van der Waals surface area contributed by atoms with Crippen molar-refractivity contribution in [1.29, 1.82) is 0 Å². The minimum Gasteiger partial charge on any atom is -0.496 e. The molecule has 0 spiro atoms. The lowest BCUT2D eigenvalue weighted by Gasteiger charge is -2.13. The minimum atomic E-state index is -0.511. The molecule has 4 aromatic carbocycles. The Balaban J connectivity index is 0.00000101. The van der Waals surface area contributed by atoms with Crippen LogP contribution in [0, 0.1) is 6.92 Å². The van der Waals surface area contributed by atoms with Crippen molar-refractivity contribution >= 4 is 57.8 Å². The number of esters is 1. The third-order valence-electron chi connectivity index (χ3n) is 11.9. The number of aryl methyl sites for hydroxylation is 3. The summed E-state index contributed by atoms with van der Waals surface area (Å²) in [6, 6.07) is 23.6. The van der Waals surface area contributed by atoms with Crippen molar-refractivity contribution in [3.63, 3.8) is 0 Å². The lowest BCUT2D eigenvalue weighted by atomic mass is 10.0. The largest absolute Gasteiger partial charge is 0.496 e. The Hall–Kier alpha value is -6.96. The Bertz CT molecular complexity index is 2640. The van der Waals surface area contributed by atoms with Gasteiger partial charge in [0, 0.05) is 71.5 Å². The van der Waals surface area contributed by atoms with Gasteiger partial charge in [0.25, 0.3) is 6.47 Å². The molecule has 7 rings (SSSR count). The average molecular weight is 977 g/mol. The molecular formula is C57H76N4O10. The molecule has 6 aromatic rings. The molecule has 2 aromatic heterocycles. The number of aromatic nitrogens is 2. The van der Waals surface area contributed by atoms with E-state index >= 15 is 0 Å². The topological polar surface area (TPSA) is 158 Å². The van der Waals surface area contributed by atoms with E-state index in [4.69, 9.17) is 28.5 Å². The van der Waals surface area contributed by atoms with Crippen molar-refractivity contribution in [2.75, 3.05) is 39.1 Å². The molecule has 14 nitrogen and oxygen atoms in total. The SMILES string of the molecule is CC.CCCC.COC(=O)c1ccc(Cc2cn(CCCCn3cc(Cc4ccc(C)cc4OC)c4cc(NC(=O)OC5CCCC5)ccc43)c3ccc(NC(=O)OC(C)C)cc23)c(OC)c1.COC=O. The number of carbonyl (C=O) groups is 4. The lowest BCUT2D eigenvalue weighted by molar-refractivity contribution is -0.126. The van der Waals surface area contributed by atoms with Crippen molar-refractivity contribution < 1.29 is 47.6 Å². The van der Waals surface area contributed by atoms with Gasteiger partial charge in [0.1, 0.15) is 17.6 Å². The molecule has 2 amide bonds. The molecule has 1 aliphatic rings. The highest BCUT2D eigenvalue weighted by molar-refractivity contribution is 5.94. The van der Waals surface area contributed by atoms with Gasteiger partial charge in [-0.25, -0.2) is 14.4 Å². The summed E-state index contributed by atoms with van der Waals surface area (Å²) in [6.45, 7) is 16.0. The van der Waals surface area contributed by atoms with Gasteiger partial charge in [-0.15, -0.1) is 0 Å². The third kappa shape index (κ3) is 16.6. The highest BCUT2D eigenvalue weighted by Crippen LogP contribution is 2.33. The molecule has 1 saturated carbocycles. The fourth-order valence-electron chi connectivity index (χ4n) is 8.32. The Kier molecular flexibility index (Phi) is 23.3. The summed E-state index contributed by atoms with van der Waals surface area (Å²) in [5.74, 6) is 1.01. The van der Waals surface area contributed by atoms with Crippen LogP contribution in [0.3, 0.4) is 0 Å². The molecular weight excluding hydrogens is 901 g/mol. The van der Waals surface area contributed by atoms with Gasteiger partial charge in [-0.1, -0.05) is 58.7 Å². The van der Waals surface area contributed by atoms with Crippen molar-refractivity contribution in [1.82, 2.24) is 9.13 Å². The first kappa shape index (κ1) is 56.6. The predicted octanol–water partition coefficient (Wildman–Crippen LogP) is 13.4. The molecule has 1 fully saturated rings. The molecule has 14 heteroatoms. The van der Waals surface area contributed by atoms with Gasteiger partial charge >= 0.3 is 18.2 Å². The van der Waals surface area contributed by atoms with E-state index in [1.54, 1.807) is 26.4 Å². The van der Waals surface area contributed by atoms with E-state index in [-0.39, 0.29) is 12.2 Å². The van der Waals surface area contributed by atoms with E-state index in [0.29, 0.717) is 42.0 Å². The van der Waals surface area contributed by atoms with Gasteiger partial charge in [0.2, 0.25) is 0 Å². The zero-order valence-corrected chi connectivity index (χ0v) is 43.8. The molecule has 0 unspecified atom stereocenters. The zero-order valence-electron chi connectivity index (χ0n) is 43.8. The maximum absolute atomic E-state index is 12.8. The number of hydrogen-bond acceptors (Lipinski definition) is 10. The number of ether oxygens (including phenoxy) is 6. The number of anilines is 2. The summed E-state index contributed by atoms with van der Waals surface area (Å²) >= 11 is 0. The van der Waals surface area contributed by atoms with E-state index in [2.05, 4.69) is 88.0 Å². The van der Waals surface area contributed by atoms with Crippen LogP contribution in [-0.4, -0.2) is 74.4 Å². The first-order valence-electron chi connectivity index (χ1n) is 24.9. The minimum absolute atomic E-state index is 0.0180. The molecule has 2 N–H and O–H groups in total. The Morgan fingerprint density at radius 1 is 0.676 bits per heavy atom. The van der Waals surface area contributed by atoms with Crippen molar-refractivity contribution in [2.24, 2.45) is 0 Å². The van der Waals surface area contributed by atoms with Gasteiger partial charge in [-0.05, 0) is 142 Å². The van der Waals surface area contributed by atoms with Crippen LogP contribution >= 0.6 is 0 Å². The van der Waals surface area contributed by atoms with Crippen LogP contribution in [0.15, 0.2) is 85.2 Å². The number of fused-ring (bicyclic) bond motifs is 2. The normalized spacial score (nSPS) is 11.8. The average Bonchev–Trinajstić information content (AvgIpc) is 4.11. The number of methoxy groups -OCH3 is 4. The number of rotatable bonds is 18. The van der Waals surface area contributed by atoms with Gasteiger partial charge < -0.3 is 37.6 Å². The summed E-state index contributed by atoms with van der Waals surface area (Å²) in [7, 11) is 5.96. The number of benzene rings is 4. The van der Waals surface area contributed by atoms with Gasteiger partial charge in [-0.3, -0.25) is 15.4 Å². The van der Waals surface area contributed by atoms with Gasteiger partial charge in [-0.2, -0.15) is 0 Å². The second-order valence-corrected chi connectivity index (χ2v) is 17.4. The zero-order chi connectivity index (χ0) is 51.9. The molecule has 384 valence electrons. The number of nitrogens with one attached hydrogen (secondary N) is 2. The maximum atomic E-state index is 12.8. The monoisotopic (exact) mass is 977 g/mol. The van der Waals surface area contributed by atoms with Crippen molar-refractivity contribution in [3.05, 3.63) is 119 Å². The fourth-order valence-corrected chi connectivity index (χ4v) is 8.32. The molecule has 1 aliphatic carbocycles. The van der Waals surface area contributed by atoms with Crippen LogP contribution < -0.4 is 20.1 Å². The van der Waals surface area contributed by atoms with Crippen LogP contribution in [0.2, 0.25) is 0 Å². The van der Waals surface area contributed by atoms with Crippen molar-refractivity contribution in [3.8, 4) is 11.5 Å². The second-order valence-electron chi connectivity index (χ2n) is 17.4. The number of hydrogen-bond donors (Lipinski definition) is 2.